The number of piperazine rings is 1. The van der Waals surface area contributed by atoms with Crippen LogP contribution in [0, 0.1) is 0 Å². The Bertz CT molecular complexity index is 642. The topological polar surface area (TPSA) is 89.9 Å². The summed E-state index contributed by atoms with van der Waals surface area (Å²) >= 11 is 0. The Kier molecular flexibility index (Phi) is 7.45. The number of aromatic nitrogens is 1. The molecule has 0 aliphatic carbocycles. The van der Waals surface area contributed by atoms with Gasteiger partial charge >= 0.3 is 0 Å². The summed E-state index contributed by atoms with van der Waals surface area (Å²) in [7, 11) is -3.12. The molecule has 0 radical (unpaired) electrons. The third-order valence-electron chi connectivity index (χ3n) is 3.85. The van der Waals surface area contributed by atoms with Crippen molar-refractivity contribution in [3.8, 4) is 0 Å². The minimum Gasteiger partial charge on any atom is -0.357 e. The van der Waals surface area contributed by atoms with Crippen molar-refractivity contribution in [1.29, 1.82) is 0 Å². The molecule has 1 aliphatic heterocycles. The Labute approximate surface area is 150 Å². The van der Waals surface area contributed by atoms with Crippen LogP contribution in [-0.4, -0.2) is 76.3 Å². The standard InChI is InChI=1S/C16H28N6O2S/c1-3-17-16(19-9-6-10-20-25(2,23)24)22-13-11-21(12-14-22)15-7-4-5-8-18-15/h4-5,7-8,20H,3,6,9-14H2,1-2H3,(H,17,19). The molecule has 0 unspecified atom stereocenters. The molecule has 1 aromatic rings. The Balaban J connectivity index is 1.83. The highest BCUT2D eigenvalue weighted by Crippen LogP contribution is 2.12. The number of nitrogens with zero attached hydrogens (tertiary/aromatic N) is 4. The van der Waals surface area contributed by atoms with E-state index in [4.69, 9.17) is 0 Å². The molecular formula is C16H28N6O2S. The van der Waals surface area contributed by atoms with E-state index in [0.29, 0.717) is 19.5 Å². The van der Waals surface area contributed by atoms with E-state index in [1.807, 2.05) is 31.3 Å². The van der Waals surface area contributed by atoms with Crippen LogP contribution in [-0.2, 0) is 10.0 Å². The fraction of sp³-hybridized carbons (Fsp3) is 0.625. The van der Waals surface area contributed by atoms with E-state index in [2.05, 4.69) is 29.8 Å². The maximum Gasteiger partial charge on any atom is 0.208 e. The molecule has 2 N–H and O–H groups in total. The summed E-state index contributed by atoms with van der Waals surface area (Å²) in [5.41, 5.74) is 0. The minimum atomic E-state index is -3.12. The molecule has 8 nitrogen and oxygen atoms in total. The Morgan fingerprint density at radius 2 is 2.04 bits per heavy atom. The first kappa shape index (κ1) is 19.5. The van der Waals surface area contributed by atoms with E-state index in [1.54, 1.807) is 0 Å². The molecular weight excluding hydrogens is 340 g/mol. The zero-order valence-electron chi connectivity index (χ0n) is 15.0. The van der Waals surface area contributed by atoms with Crippen LogP contribution in [0.5, 0.6) is 0 Å². The van der Waals surface area contributed by atoms with E-state index in [1.165, 1.54) is 6.26 Å². The zero-order valence-corrected chi connectivity index (χ0v) is 15.8. The highest BCUT2D eigenvalue weighted by molar-refractivity contribution is 7.88. The maximum atomic E-state index is 11.0. The maximum absolute atomic E-state index is 11.0. The Morgan fingerprint density at radius 1 is 1.28 bits per heavy atom. The first-order valence-corrected chi connectivity index (χ1v) is 10.5. The number of anilines is 1. The highest BCUT2D eigenvalue weighted by Gasteiger charge is 2.20. The molecule has 1 aromatic heterocycles. The van der Waals surface area contributed by atoms with Crippen molar-refractivity contribution in [1.82, 2.24) is 19.9 Å². The molecule has 0 amide bonds. The van der Waals surface area contributed by atoms with Gasteiger partial charge in [0.15, 0.2) is 5.96 Å². The van der Waals surface area contributed by atoms with Gasteiger partial charge in [-0.2, -0.15) is 0 Å². The van der Waals surface area contributed by atoms with Crippen LogP contribution in [0.4, 0.5) is 5.82 Å². The monoisotopic (exact) mass is 368 g/mol. The van der Waals surface area contributed by atoms with Crippen molar-refractivity contribution in [3.63, 3.8) is 0 Å². The van der Waals surface area contributed by atoms with E-state index in [0.717, 1.165) is 44.5 Å². The van der Waals surface area contributed by atoms with Gasteiger partial charge in [-0.3, -0.25) is 4.99 Å². The molecule has 0 bridgehead atoms. The predicted molar refractivity (Wildman–Crippen MR) is 101 cm³/mol. The lowest BCUT2D eigenvalue weighted by Crippen LogP contribution is -2.52. The number of nitrogens with one attached hydrogen (secondary N) is 2. The Hall–Kier alpha value is -1.87. The Morgan fingerprint density at radius 3 is 2.64 bits per heavy atom. The van der Waals surface area contributed by atoms with E-state index in [-0.39, 0.29) is 0 Å². The summed E-state index contributed by atoms with van der Waals surface area (Å²) < 4.78 is 24.6. The fourth-order valence-corrected chi connectivity index (χ4v) is 3.15. The van der Waals surface area contributed by atoms with Gasteiger partial charge in [0.1, 0.15) is 5.82 Å². The first-order valence-electron chi connectivity index (χ1n) is 8.63. The van der Waals surface area contributed by atoms with Crippen molar-refractivity contribution < 1.29 is 8.42 Å². The second-order valence-electron chi connectivity index (χ2n) is 5.92. The summed E-state index contributed by atoms with van der Waals surface area (Å²) in [6, 6.07) is 5.96. The summed E-state index contributed by atoms with van der Waals surface area (Å²) in [5.74, 6) is 1.90. The number of hydrogen-bond acceptors (Lipinski definition) is 5. The smallest absolute Gasteiger partial charge is 0.208 e. The van der Waals surface area contributed by atoms with Crippen molar-refractivity contribution in [2.24, 2.45) is 4.99 Å². The second-order valence-corrected chi connectivity index (χ2v) is 7.75. The zero-order chi connectivity index (χ0) is 18.1. The van der Waals surface area contributed by atoms with Crippen LogP contribution < -0.4 is 14.9 Å². The molecule has 1 saturated heterocycles. The number of rotatable bonds is 7. The molecule has 25 heavy (non-hydrogen) atoms. The minimum absolute atomic E-state index is 0.412. The van der Waals surface area contributed by atoms with Gasteiger partial charge in [0.25, 0.3) is 0 Å². The predicted octanol–water partition coefficient (Wildman–Crippen LogP) is 0.108. The fourth-order valence-electron chi connectivity index (χ4n) is 2.64. The number of sulfonamides is 1. The second kappa shape index (κ2) is 9.57. The van der Waals surface area contributed by atoms with Crippen molar-refractivity contribution >= 4 is 21.8 Å². The molecule has 9 heteroatoms. The van der Waals surface area contributed by atoms with Gasteiger partial charge in [-0.15, -0.1) is 0 Å². The lowest BCUT2D eigenvalue weighted by atomic mass is 10.3. The SMILES string of the molecule is CCNC(=NCCCNS(C)(=O)=O)N1CCN(c2ccccn2)CC1. The number of pyridine rings is 1. The summed E-state index contributed by atoms with van der Waals surface area (Å²) in [5, 5.41) is 3.32. The molecule has 1 fully saturated rings. The molecule has 0 atom stereocenters. The van der Waals surface area contributed by atoms with Gasteiger partial charge in [-0.25, -0.2) is 18.1 Å². The number of guanidine groups is 1. The summed E-state index contributed by atoms with van der Waals surface area (Å²) in [6.07, 6.45) is 3.66. The van der Waals surface area contributed by atoms with Gasteiger partial charge < -0.3 is 15.1 Å². The van der Waals surface area contributed by atoms with Crippen LogP contribution in [0.25, 0.3) is 0 Å². The van der Waals surface area contributed by atoms with Crippen LogP contribution in [0.2, 0.25) is 0 Å². The van der Waals surface area contributed by atoms with Crippen molar-refractivity contribution in [2.75, 3.05) is 57.0 Å². The van der Waals surface area contributed by atoms with Crippen LogP contribution >= 0.6 is 0 Å². The molecule has 0 saturated carbocycles. The average Bonchev–Trinajstić information content (AvgIpc) is 2.60. The first-order chi connectivity index (χ1) is 12.0. The van der Waals surface area contributed by atoms with Gasteiger partial charge in [0.2, 0.25) is 10.0 Å². The number of aliphatic imine (C=N–C) groups is 1. The largest absolute Gasteiger partial charge is 0.357 e. The van der Waals surface area contributed by atoms with E-state index in [9.17, 15) is 8.42 Å². The number of hydrogen-bond donors (Lipinski definition) is 2. The molecule has 0 spiro atoms. The summed E-state index contributed by atoms with van der Waals surface area (Å²) in [6.45, 7) is 7.41. The van der Waals surface area contributed by atoms with Crippen molar-refractivity contribution in [2.45, 2.75) is 13.3 Å². The molecule has 0 aromatic carbocycles. The van der Waals surface area contributed by atoms with Crippen LogP contribution in [0.15, 0.2) is 29.4 Å². The molecule has 1 aliphatic rings. The third-order valence-corrected chi connectivity index (χ3v) is 4.58. The molecule has 2 heterocycles. The van der Waals surface area contributed by atoms with E-state index < -0.39 is 10.0 Å². The third kappa shape index (κ3) is 6.87. The molecule has 140 valence electrons. The van der Waals surface area contributed by atoms with Gasteiger partial charge in [-0.1, -0.05) is 6.07 Å². The summed E-state index contributed by atoms with van der Waals surface area (Å²) in [4.78, 5) is 13.5. The van der Waals surface area contributed by atoms with Crippen LogP contribution in [0.3, 0.4) is 0 Å². The van der Waals surface area contributed by atoms with Gasteiger partial charge in [-0.05, 0) is 25.5 Å². The quantitative estimate of drug-likeness (QED) is 0.403. The molecule has 2 rings (SSSR count). The lowest BCUT2D eigenvalue weighted by Gasteiger charge is -2.37. The van der Waals surface area contributed by atoms with Gasteiger partial charge in [0, 0.05) is 52.0 Å². The van der Waals surface area contributed by atoms with Gasteiger partial charge in [0.05, 0.1) is 6.26 Å². The van der Waals surface area contributed by atoms with E-state index >= 15 is 0 Å². The highest BCUT2D eigenvalue weighted by atomic mass is 32.2. The van der Waals surface area contributed by atoms with Crippen LogP contribution in [0.1, 0.15) is 13.3 Å². The van der Waals surface area contributed by atoms with Crippen molar-refractivity contribution in [3.05, 3.63) is 24.4 Å². The normalized spacial score (nSPS) is 16.2. The average molecular weight is 369 g/mol. The lowest BCUT2D eigenvalue weighted by molar-refractivity contribution is 0.371.